The molecule has 1 aromatic heterocycles. The summed E-state index contributed by atoms with van der Waals surface area (Å²) in [6.07, 6.45) is 1.62. The molecule has 0 aliphatic heterocycles. The number of oxime groups is 1. The lowest BCUT2D eigenvalue weighted by Crippen LogP contribution is -2.16. The molecule has 0 saturated carbocycles. The number of nitrogens with one attached hydrogen (secondary N) is 1. The van der Waals surface area contributed by atoms with Gasteiger partial charge >= 0.3 is 0 Å². The number of carbonyl (C=O) groups excluding carboxylic acids is 1. The van der Waals surface area contributed by atoms with Gasteiger partial charge in [-0.25, -0.2) is 0 Å². The van der Waals surface area contributed by atoms with Crippen LogP contribution in [0, 0.1) is 6.92 Å². The number of hydrogen-bond donors (Lipinski definition) is 3. The van der Waals surface area contributed by atoms with Crippen molar-refractivity contribution in [2.45, 2.75) is 6.92 Å². The second-order valence-corrected chi connectivity index (χ2v) is 4.68. The molecule has 1 amide bonds. The van der Waals surface area contributed by atoms with Gasteiger partial charge in [-0.05, 0) is 37.3 Å². The highest BCUT2D eigenvalue weighted by Gasteiger charge is 2.12. The third-order valence-electron chi connectivity index (χ3n) is 2.87. The molecule has 21 heavy (non-hydrogen) atoms. The molecule has 0 atom stereocenters. The Balaban J connectivity index is 2.25. The fourth-order valence-electron chi connectivity index (χ4n) is 1.75. The maximum absolute atomic E-state index is 12.2. The number of amides is 1. The topological polar surface area (TPSA) is 101 Å². The number of benzene rings is 1. The second-order valence-electron chi connectivity index (χ2n) is 4.27. The summed E-state index contributed by atoms with van der Waals surface area (Å²) in [5, 5.41) is 14.5. The maximum atomic E-state index is 12.2. The molecule has 0 radical (unpaired) electrons. The quantitative estimate of drug-likeness (QED) is 0.351. The van der Waals surface area contributed by atoms with Crippen LogP contribution < -0.4 is 11.1 Å². The van der Waals surface area contributed by atoms with Crippen LogP contribution in [-0.2, 0) is 0 Å². The van der Waals surface area contributed by atoms with Crippen LogP contribution in [0.5, 0.6) is 0 Å². The molecule has 6 nitrogen and oxygen atoms in total. The Morgan fingerprint density at radius 2 is 2.19 bits per heavy atom. The van der Waals surface area contributed by atoms with Crippen molar-refractivity contribution in [1.82, 2.24) is 4.98 Å². The van der Waals surface area contributed by atoms with E-state index in [1.165, 1.54) is 6.07 Å². The molecule has 0 aliphatic carbocycles. The van der Waals surface area contributed by atoms with Crippen LogP contribution in [0.25, 0.3) is 0 Å². The first-order valence-corrected chi connectivity index (χ1v) is 6.41. The van der Waals surface area contributed by atoms with Gasteiger partial charge in [0.25, 0.3) is 5.91 Å². The van der Waals surface area contributed by atoms with Crippen LogP contribution in [0.2, 0.25) is 5.02 Å². The standard InChI is InChI=1S/C14H13ClN4O2/c1-8-10(3-2-6-17-8)14(20)18-12-5-4-9(7-11(12)15)13(16)19-21/h2-7,21H,1H3,(H2,16,19)(H,18,20). The summed E-state index contributed by atoms with van der Waals surface area (Å²) in [5.74, 6) is -0.364. The Labute approximate surface area is 126 Å². The van der Waals surface area contributed by atoms with Crippen LogP contribution in [0.3, 0.4) is 0 Å². The normalized spacial score (nSPS) is 11.2. The SMILES string of the molecule is Cc1ncccc1C(=O)Nc1ccc(/C(N)=N/O)cc1Cl. The van der Waals surface area contributed by atoms with E-state index < -0.39 is 0 Å². The van der Waals surface area contributed by atoms with Gasteiger partial charge in [0.2, 0.25) is 0 Å². The Morgan fingerprint density at radius 1 is 1.43 bits per heavy atom. The minimum absolute atomic E-state index is 0.0575. The summed E-state index contributed by atoms with van der Waals surface area (Å²) in [5.41, 5.74) is 7.45. The number of aryl methyl sites for hydroxylation is 1. The molecule has 0 bridgehead atoms. The number of pyridine rings is 1. The predicted octanol–water partition coefficient (Wildman–Crippen LogP) is 2.39. The van der Waals surface area contributed by atoms with E-state index in [4.69, 9.17) is 22.5 Å². The molecular formula is C14H13ClN4O2. The number of hydrogen-bond acceptors (Lipinski definition) is 4. The van der Waals surface area contributed by atoms with Crippen molar-refractivity contribution >= 4 is 29.0 Å². The van der Waals surface area contributed by atoms with Crippen LogP contribution in [0.1, 0.15) is 21.6 Å². The number of nitrogens with two attached hydrogens (primary N) is 1. The van der Waals surface area contributed by atoms with Crippen LogP contribution in [0.4, 0.5) is 5.69 Å². The molecule has 1 aromatic carbocycles. The zero-order valence-electron chi connectivity index (χ0n) is 11.2. The van der Waals surface area contributed by atoms with Gasteiger partial charge in [-0.2, -0.15) is 0 Å². The summed E-state index contributed by atoms with van der Waals surface area (Å²) in [6, 6.07) is 8.04. The third-order valence-corrected chi connectivity index (χ3v) is 3.19. The van der Waals surface area contributed by atoms with Crippen molar-refractivity contribution in [2.75, 3.05) is 5.32 Å². The number of aromatic nitrogens is 1. The lowest BCUT2D eigenvalue weighted by molar-refractivity contribution is 0.102. The second kappa shape index (κ2) is 6.23. The van der Waals surface area contributed by atoms with Gasteiger partial charge < -0.3 is 16.3 Å². The molecule has 1 heterocycles. The fraction of sp³-hybridized carbons (Fsp3) is 0.0714. The average molecular weight is 305 g/mol. The van der Waals surface area contributed by atoms with E-state index in [1.54, 1.807) is 37.4 Å². The number of carbonyl (C=O) groups is 1. The lowest BCUT2D eigenvalue weighted by atomic mass is 10.1. The molecular weight excluding hydrogens is 292 g/mol. The van der Waals surface area contributed by atoms with Crippen molar-refractivity contribution in [3.8, 4) is 0 Å². The number of halogens is 1. The summed E-state index contributed by atoms with van der Waals surface area (Å²) < 4.78 is 0. The zero-order valence-corrected chi connectivity index (χ0v) is 11.9. The van der Waals surface area contributed by atoms with Crippen molar-refractivity contribution < 1.29 is 10.0 Å². The Kier molecular flexibility index (Phi) is 4.39. The van der Waals surface area contributed by atoms with Crippen LogP contribution >= 0.6 is 11.6 Å². The summed E-state index contributed by atoms with van der Waals surface area (Å²) >= 11 is 6.08. The first-order chi connectivity index (χ1) is 10.0. The van der Waals surface area contributed by atoms with Gasteiger partial charge in [-0.15, -0.1) is 0 Å². The van der Waals surface area contributed by atoms with E-state index in [-0.39, 0.29) is 16.8 Å². The van der Waals surface area contributed by atoms with E-state index in [2.05, 4.69) is 15.5 Å². The smallest absolute Gasteiger partial charge is 0.257 e. The summed E-state index contributed by atoms with van der Waals surface area (Å²) in [7, 11) is 0. The van der Waals surface area contributed by atoms with Crippen LogP contribution in [0.15, 0.2) is 41.7 Å². The largest absolute Gasteiger partial charge is 0.409 e. The van der Waals surface area contributed by atoms with Crippen molar-refractivity contribution in [2.24, 2.45) is 10.9 Å². The average Bonchev–Trinajstić information content (AvgIpc) is 2.48. The first kappa shape index (κ1) is 14.8. The van der Waals surface area contributed by atoms with Crippen molar-refractivity contribution in [3.05, 3.63) is 58.4 Å². The van der Waals surface area contributed by atoms with Gasteiger partial charge in [0.15, 0.2) is 5.84 Å². The van der Waals surface area contributed by atoms with Gasteiger partial charge in [0.05, 0.1) is 16.3 Å². The van der Waals surface area contributed by atoms with Gasteiger partial charge in [-0.3, -0.25) is 9.78 Å². The van der Waals surface area contributed by atoms with Gasteiger partial charge in [0, 0.05) is 17.5 Å². The zero-order chi connectivity index (χ0) is 15.4. The number of rotatable bonds is 3. The molecule has 0 saturated heterocycles. The number of amidine groups is 1. The first-order valence-electron chi connectivity index (χ1n) is 6.03. The molecule has 4 N–H and O–H groups in total. The fourth-order valence-corrected chi connectivity index (χ4v) is 1.98. The van der Waals surface area contributed by atoms with E-state index in [0.717, 1.165) is 0 Å². The van der Waals surface area contributed by atoms with Gasteiger partial charge in [0.1, 0.15) is 0 Å². The van der Waals surface area contributed by atoms with Crippen molar-refractivity contribution in [3.63, 3.8) is 0 Å². The minimum Gasteiger partial charge on any atom is -0.409 e. The Hall–Kier alpha value is -2.60. The molecule has 108 valence electrons. The Morgan fingerprint density at radius 3 is 2.81 bits per heavy atom. The molecule has 2 rings (SSSR count). The molecule has 0 fully saturated rings. The molecule has 2 aromatic rings. The highest BCUT2D eigenvalue weighted by atomic mass is 35.5. The maximum Gasteiger partial charge on any atom is 0.257 e. The molecule has 0 aliphatic rings. The summed E-state index contributed by atoms with van der Waals surface area (Å²) in [6.45, 7) is 1.75. The minimum atomic E-state index is -0.306. The highest BCUT2D eigenvalue weighted by molar-refractivity contribution is 6.34. The number of nitrogens with zero attached hydrogens (tertiary/aromatic N) is 2. The predicted molar refractivity (Wildman–Crippen MR) is 80.9 cm³/mol. The number of anilines is 1. The van der Waals surface area contributed by atoms with E-state index in [0.29, 0.717) is 22.5 Å². The Bertz CT molecular complexity index is 716. The molecule has 7 heteroatoms. The monoisotopic (exact) mass is 304 g/mol. The lowest BCUT2D eigenvalue weighted by Gasteiger charge is -2.09. The highest BCUT2D eigenvalue weighted by Crippen LogP contribution is 2.23. The molecule has 0 unspecified atom stereocenters. The summed E-state index contributed by atoms with van der Waals surface area (Å²) in [4.78, 5) is 16.2. The van der Waals surface area contributed by atoms with Gasteiger partial charge in [-0.1, -0.05) is 16.8 Å². The molecule has 0 spiro atoms. The van der Waals surface area contributed by atoms with E-state index in [1.807, 2.05) is 0 Å². The van der Waals surface area contributed by atoms with Crippen molar-refractivity contribution in [1.29, 1.82) is 0 Å². The van der Waals surface area contributed by atoms with E-state index in [9.17, 15) is 4.79 Å². The van der Waals surface area contributed by atoms with E-state index >= 15 is 0 Å². The third kappa shape index (κ3) is 3.29. The van der Waals surface area contributed by atoms with Crippen LogP contribution in [-0.4, -0.2) is 21.9 Å².